The van der Waals surface area contributed by atoms with Gasteiger partial charge in [0.15, 0.2) is 0 Å². The van der Waals surface area contributed by atoms with E-state index in [0.717, 1.165) is 21.6 Å². The molecule has 0 saturated heterocycles. The van der Waals surface area contributed by atoms with Crippen molar-refractivity contribution in [2.24, 2.45) is 0 Å². The van der Waals surface area contributed by atoms with Gasteiger partial charge >= 0.3 is 5.97 Å². The Bertz CT molecular complexity index is 634. The second-order valence-corrected chi connectivity index (χ2v) is 4.84. The molecule has 6 heteroatoms. The van der Waals surface area contributed by atoms with E-state index >= 15 is 0 Å². The molecule has 2 heterocycles. The van der Waals surface area contributed by atoms with E-state index < -0.39 is 5.97 Å². The van der Waals surface area contributed by atoms with E-state index in [1.165, 1.54) is 6.20 Å². The summed E-state index contributed by atoms with van der Waals surface area (Å²) in [7, 11) is 0. The summed E-state index contributed by atoms with van der Waals surface area (Å²) in [6, 6.07) is 1.72. The number of halogens is 1. The van der Waals surface area contributed by atoms with Gasteiger partial charge in [-0.25, -0.2) is 9.48 Å². The number of aromatic nitrogens is 3. The Morgan fingerprint density at radius 2 is 2.06 bits per heavy atom. The minimum absolute atomic E-state index is 0.138. The number of carboxylic acids is 1. The Balaban J connectivity index is 2.73. The van der Waals surface area contributed by atoms with Crippen LogP contribution < -0.4 is 0 Å². The molecule has 5 nitrogen and oxygen atoms in total. The third-order valence-electron chi connectivity index (χ3n) is 2.68. The highest BCUT2D eigenvalue weighted by Gasteiger charge is 2.17. The summed E-state index contributed by atoms with van der Waals surface area (Å²) in [5.74, 6) is -1.01. The lowest BCUT2D eigenvalue weighted by Crippen LogP contribution is -2.09. The first kappa shape index (κ1) is 12.8. The zero-order valence-electron chi connectivity index (χ0n) is 10.2. The van der Waals surface area contributed by atoms with Crippen LogP contribution in [-0.2, 0) is 0 Å². The van der Waals surface area contributed by atoms with Crippen LogP contribution >= 0.6 is 15.9 Å². The maximum Gasteiger partial charge on any atom is 0.339 e. The van der Waals surface area contributed by atoms with Crippen molar-refractivity contribution in [3.05, 3.63) is 39.4 Å². The molecule has 0 aliphatic carbocycles. The molecular formula is C12H12BrN3O2. The van der Waals surface area contributed by atoms with Crippen LogP contribution in [0.5, 0.6) is 0 Å². The van der Waals surface area contributed by atoms with Crippen molar-refractivity contribution >= 4 is 21.9 Å². The van der Waals surface area contributed by atoms with Gasteiger partial charge in [-0.1, -0.05) is 0 Å². The molecule has 0 saturated carbocycles. The average molecular weight is 310 g/mol. The number of hydrogen-bond donors (Lipinski definition) is 1. The molecule has 0 aromatic carbocycles. The van der Waals surface area contributed by atoms with E-state index in [1.54, 1.807) is 10.7 Å². The second kappa shape index (κ2) is 4.53. The van der Waals surface area contributed by atoms with Crippen molar-refractivity contribution in [1.29, 1.82) is 0 Å². The van der Waals surface area contributed by atoms with Gasteiger partial charge in [0.1, 0.15) is 5.56 Å². The molecule has 94 valence electrons. The Kier molecular flexibility index (Phi) is 3.21. The first-order valence-electron chi connectivity index (χ1n) is 5.34. The number of aryl methyl sites for hydroxylation is 2. The fourth-order valence-corrected chi connectivity index (χ4v) is 1.99. The lowest BCUT2D eigenvalue weighted by Gasteiger charge is -2.08. The number of carboxylic acid groups (broad SMARTS) is 1. The average Bonchev–Trinajstić information content (AvgIpc) is 2.56. The predicted molar refractivity (Wildman–Crippen MR) is 70.2 cm³/mol. The topological polar surface area (TPSA) is 68.0 Å². The van der Waals surface area contributed by atoms with Crippen molar-refractivity contribution in [2.45, 2.75) is 20.8 Å². The van der Waals surface area contributed by atoms with Crippen molar-refractivity contribution < 1.29 is 9.90 Å². The standard InChI is InChI=1S/C12H12BrN3O2/c1-6-4-10(9(5-14-6)12(17)18)16-8(3)11(13)7(2)15-16/h4-5H,1-3H3,(H,17,18). The van der Waals surface area contributed by atoms with Gasteiger partial charge in [0, 0.05) is 11.9 Å². The van der Waals surface area contributed by atoms with E-state index in [9.17, 15) is 9.90 Å². The summed E-state index contributed by atoms with van der Waals surface area (Å²) in [4.78, 5) is 15.2. The number of aromatic carboxylic acids is 1. The quantitative estimate of drug-likeness (QED) is 0.926. The van der Waals surface area contributed by atoms with E-state index in [1.807, 2.05) is 20.8 Å². The maximum atomic E-state index is 11.2. The van der Waals surface area contributed by atoms with E-state index in [2.05, 4.69) is 26.0 Å². The highest BCUT2D eigenvalue weighted by atomic mass is 79.9. The van der Waals surface area contributed by atoms with Gasteiger partial charge < -0.3 is 5.11 Å². The summed E-state index contributed by atoms with van der Waals surface area (Å²) in [5.41, 5.74) is 3.09. The summed E-state index contributed by atoms with van der Waals surface area (Å²) in [5, 5.41) is 13.5. The number of nitrogens with zero attached hydrogens (tertiary/aromatic N) is 3. The van der Waals surface area contributed by atoms with Crippen LogP contribution in [0, 0.1) is 20.8 Å². The lowest BCUT2D eigenvalue weighted by molar-refractivity contribution is 0.0696. The van der Waals surface area contributed by atoms with Crippen LogP contribution in [0.15, 0.2) is 16.7 Å². The SMILES string of the molecule is Cc1cc(-n2nc(C)c(Br)c2C)c(C(=O)O)cn1. The molecule has 18 heavy (non-hydrogen) atoms. The molecule has 0 radical (unpaired) electrons. The summed E-state index contributed by atoms with van der Waals surface area (Å²) in [6.07, 6.45) is 1.36. The molecule has 0 unspecified atom stereocenters. The number of carbonyl (C=O) groups is 1. The van der Waals surface area contributed by atoms with Gasteiger partial charge in [-0.15, -0.1) is 0 Å². The van der Waals surface area contributed by atoms with E-state index in [-0.39, 0.29) is 5.56 Å². The summed E-state index contributed by atoms with van der Waals surface area (Å²) in [6.45, 7) is 5.56. The number of hydrogen-bond acceptors (Lipinski definition) is 3. The predicted octanol–water partition coefficient (Wildman–Crippen LogP) is 2.65. The Labute approximate surface area is 113 Å². The summed E-state index contributed by atoms with van der Waals surface area (Å²) < 4.78 is 2.51. The molecule has 0 bridgehead atoms. The molecule has 2 aromatic heterocycles. The highest BCUT2D eigenvalue weighted by Crippen LogP contribution is 2.24. The molecule has 0 fully saturated rings. The fraction of sp³-hybridized carbons (Fsp3) is 0.250. The van der Waals surface area contributed by atoms with Crippen molar-refractivity contribution in [3.63, 3.8) is 0 Å². The monoisotopic (exact) mass is 309 g/mol. The van der Waals surface area contributed by atoms with Crippen molar-refractivity contribution in [2.75, 3.05) is 0 Å². The molecule has 0 aliphatic rings. The maximum absolute atomic E-state index is 11.2. The van der Waals surface area contributed by atoms with Crippen LogP contribution in [0.1, 0.15) is 27.4 Å². The molecule has 0 amide bonds. The van der Waals surface area contributed by atoms with Gasteiger partial charge in [0.05, 0.1) is 21.5 Å². The van der Waals surface area contributed by atoms with Crippen LogP contribution in [0.4, 0.5) is 0 Å². The fourth-order valence-electron chi connectivity index (χ4n) is 1.74. The second-order valence-electron chi connectivity index (χ2n) is 4.04. The molecule has 0 spiro atoms. The zero-order valence-corrected chi connectivity index (χ0v) is 11.8. The van der Waals surface area contributed by atoms with Crippen LogP contribution in [-0.4, -0.2) is 25.8 Å². The highest BCUT2D eigenvalue weighted by molar-refractivity contribution is 9.10. The van der Waals surface area contributed by atoms with Crippen LogP contribution in [0.3, 0.4) is 0 Å². The first-order valence-corrected chi connectivity index (χ1v) is 6.13. The van der Waals surface area contributed by atoms with Crippen LogP contribution in [0.2, 0.25) is 0 Å². The molecule has 2 rings (SSSR count). The van der Waals surface area contributed by atoms with Gasteiger partial charge in [-0.2, -0.15) is 5.10 Å². The molecule has 1 N–H and O–H groups in total. The minimum atomic E-state index is -1.01. The zero-order chi connectivity index (χ0) is 13.4. The van der Waals surface area contributed by atoms with Gasteiger partial charge in [-0.3, -0.25) is 4.98 Å². The molecule has 0 atom stereocenters. The first-order chi connectivity index (χ1) is 8.41. The normalized spacial score (nSPS) is 10.7. The Morgan fingerprint density at radius 1 is 1.39 bits per heavy atom. The third-order valence-corrected chi connectivity index (χ3v) is 3.83. The Morgan fingerprint density at radius 3 is 2.56 bits per heavy atom. The largest absolute Gasteiger partial charge is 0.478 e. The summed E-state index contributed by atoms with van der Waals surface area (Å²) >= 11 is 3.43. The molecule has 2 aromatic rings. The third kappa shape index (κ3) is 2.03. The van der Waals surface area contributed by atoms with Crippen molar-refractivity contribution in [1.82, 2.24) is 14.8 Å². The van der Waals surface area contributed by atoms with E-state index in [0.29, 0.717) is 5.69 Å². The Hall–Kier alpha value is -1.69. The minimum Gasteiger partial charge on any atom is -0.478 e. The van der Waals surface area contributed by atoms with Crippen molar-refractivity contribution in [3.8, 4) is 5.69 Å². The van der Waals surface area contributed by atoms with Gasteiger partial charge in [0.2, 0.25) is 0 Å². The molecular weight excluding hydrogens is 298 g/mol. The molecule has 0 aliphatic heterocycles. The van der Waals surface area contributed by atoms with Gasteiger partial charge in [-0.05, 0) is 42.8 Å². The number of rotatable bonds is 2. The van der Waals surface area contributed by atoms with Gasteiger partial charge in [0.25, 0.3) is 0 Å². The van der Waals surface area contributed by atoms with Crippen LogP contribution in [0.25, 0.3) is 5.69 Å². The van der Waals surface area contributed by atoms with E-state index in [4.69, 9.17) is 0 Å². The smallest absolute Gasteiger partial charge is 0.339 e. The number of pyridine rings is 1. The lowest BCUT2D eigenvalue weighted by atomic mass is 10.2.